The molecule has 0 aliphatic rings. The van der Waals surface area contributed by atoms with Gasteiger partial charge in [-0.25, -0.2) is 0 Å². The van der Waals surface area contributed by atoms with E-state index in [4.69, 9.17) is 10.5 Å². The maximum atomic E-state index is 11.4. The SMILES string of the molecule is NC(=O)c1n[nH]nc1-c1ccccc1Oc1ccccc1. The van der Waals surface area contributed by atoms with Gasteiger partial charge >= 0.3 is 0 Å². The van der Waals surface area contributed by atoms with Crippen molar-refractivity contribution >= 4 is 5.91 Å². The molecule has 3 rings (SSSR count). The highest BCUT2D eigenvalue weighted by Crippen LogP contribution is 2.32. The minimum Gasteiger partial charge on any atom is -0.457 e. The molecule has 6 nitrogen and oxygen atoms in total. The molecule has 6 heteroatoms. The van der Waals surface area contributed by atoms with E-state index in [0.717, 1.165) is 0 Å². The molecule has 0 aliphatic carbocycles. The number of aromatic amines is 1. The number of amides is 1. The highest BCUT2D eigenvalue weighted by Gasteiger charge is 2.18. The number of ether oxygens (including phenoxy) is 1. The van der Waals surface area contributed by atoms with Gasteiger partial charge in [-0.2, -0.15) is 15.4 Å². The standard InChI is InChI=1S/C15H12N4O2/c16-15(20)14-13(17-19-18-14)11-8-4-5-9-12(11)21-10-6-2-1-3-7-10/h1-9H,(H2,16,20)(H,17,18,19). The van der Waals surface area contributed by atoms with Crippen molar-refractivity contribution < 1.29 is 9.53 Å². The van der Waals surface area contributed by atoms with Crippen LogP contribution in [0.1, 0.15) is 10.5 Å². The lowest BCUT2D eigenvalue weighted by Crippen LogP contribution is -2.12. The van der Waals surface area contributed by atoms with Crippen LogP contribution in [0.4, 0.5) is 0 Å². The molecule has 3 aromatic rings. The summed E-state index contributed by atoms with van der Waals surface area (Å²) in [6.45, 7) is 0. The second kappa shape index (κ2) is 5.46. The number of nitrogens with zero attached hydrogens (tertiary/aromatic N) is 2. The third-order valence-electron chi connectivity index (χ3n) is 2.89. The van der Waals surface area contributed by atoms with Crippen molar-refractivity contribution in [3.05, 3.63) is 60.3 Å². The van der Waals surface area contributed by atoms with Crippen LogP contribution < -0.4 is 10.5 Å². The van der Waals surface area contributed by atoms with Gasteiger partial charge in [0.25, 0.3) is 5.91 Å². The van der Waals surface area contributed by atoms with Crippen molar-refractivity contribution in [2.75, 3.05) is 0 Å². The average Bonchev–Trinajstić information content (AvgIpc) is 2.98. The van der Waals surface area contributed by atoms with Gasteiger partial charge in [-0.1, -0.05) is 30.3 Å². The number of primary amides is 1. The Labute approximate surface area is 120 Å². The fourth-order valence-electron chi connectivity index (χ4n) is 1.96. The van der Waals surface area contributed by atoms with E-state index in [2.05, 4.69) is 15.4 Å². The van der Waals surface area contributed by atoms with Crippen LogP contribution in [0.5, 0.6) is 11.5 Å². The number of H-pyrrole nitrogens is 1. The summed E-state index contributed by atoms with van der Waals surface area (Å²) >= 11 is 0. The van der Waals surface area contributed by atoms with Crippen LogP contribution in [0.2, 0.25) is 0 Å². The quantitative estimate of drug-likeness (QED) is 0.767. The predicted molar refractivity (Wildman–Crippen MR) is 76.9 cm³/mol. The van der Waals surface area contributed by atoms with Crippen LogP contribution in [0, 0.1) is 0 Å². The van der Waals surface area contributed by atoms with Crippen molar-refractivity contribution in [1.82, 2.24) is 15.4 Å². The van der Waals surface area contributed by atoms with Crippen molar-refractivity contribution in [2.45, 2.75) is 0 Å². The summed E-state index contributed by atoms with van der Waals surface area (Å²) in [5, 5.41) is 10.2. The second-order valence-corrected chi connectivity index (χ2v) is 4.30. The third kappa shape index (κ3) is 2.59. The fourth-order valence-corrected chi connectivity index (χ4v) is 1.96. The Morgan fingerprint density at radius 2 is 1.71 bits per heavy atom. The Hall–Kier alpha value is -3.15. The maximum Gasteiger partial charge on any atom is 0.271 e. The largest absolute Gasteiger partial charge is 0.457 e. The molecule has 1 heterocycles. The van der Waals surface area contributed by atoms with E-state index in [1.54, 1.807) is 12.1 Å². The lowest BCUT2D eigenvalue weighted by Gasteiger charge is -2.09. The van der Waals surface area contributed by atoms with Crippen LogP contribution in [-0.2, 0) is 0 Å². The first-order valence-corrected chi connectivity index (χ1v) is 6.28. The van der Waals surface area contributed by atoms with Crippen molar-refractivity contribution in [2.24, 2.45) is 5.73 Å². The molecule has 0 spiro atoms. The Bertz CT molecular complexity index is 768. The van der Waals surface area contributed by atoms with E-state index >= 15 is 0 Å². The number of para-hydroxylation sites is 2. The Kier molecular flexibility index (Phi) is 3.34. The molecule has 0 saturated heterocycles. The van der Waals surface area contributed by atoms with E-state index in [1.807, 2.05) is 42.5 Å². The van der Waals surface area contributed by atoms with Crippen molar-refractivity contribution in [3.63, 3.8) is 0 Å². The molecule has 3 N–H and O–H groups in total. The van der Waals surface area contributed by atoms with E-state index < -0.39 is 5.91 Å². The molecule has 0 saturated carbocycles. The predicted octanol–water partition coefficient (Wildman–Crippen LogP) is 2.36. The monoisotopic (exact) mass is 280 g/mol. The van der Waals surface area contributed by atoms with Gasteiger partial charge in [0.05, 0.1) is 0 Å². The summed E-state index contributed by atoms with van der Waals surface area (Å²) in [6.07, 6.45) is 0. The van der Waals surface area contributed by atoms with E-state index in [0.29, 0.717) is 22.8 Å². The van der Waals surface area contributed by atoms with Crippen LogP contribution in [-0.4, -0.2) is 21.3 Å². The van der Waals surface area contributed by atoms with E-state index in [-0.39, 0.29) is 5.69 Å². The van der Waals surface area contributed by atoms with Gasteiger partial charge in [-0.05, 0) is 24.3 Å². The highest BCUT2D eigenvalue weighted by molar-refractivity contribution is 5.97. The number of carbonyl (C=O) groups excluding carboxylic acids is 1. The molecular formula is C15H12N4O2. The summed E-state index contributed by atoms with van der Waals surface area (Å²) in [5.74, 6) is 0.613. The molecular weight excluding hydrogens is 268 g/mol. The number of carbonyl (C=O) groups is 1. The molecule has 104 valence electrons. The lowest BCUT2D eigenvalue weighted by molar-refractivity contribution is 0.0996. The van der Waals surface area contributed by atoms with Gasteiger partial charge in [-0.15, -0.1) is 0 Å². The van der Waals surface area contributed by atoms with Crippen LogP contribution >= 0.6 is 0 Å². The summed E-state index contributed by atoms with van der Waals surface area (Å²) in [6, 6.07) is 16.6. The first kappa shape index (κ1) is 12.9. The summed E-state index contributed by atoms with van der Waals surface area (Å²) in [7, 11) is 0. The first-order valence-electron chi connectivity index (χ1n) is 6.28. The van der Waals surface area contributed by atoms with Gasteiger partial charge < -0.3 is 10.5 Å². The Morgan fingerprint density at radius 3 is 2.48 bits per heavy atom. The van der Waals surface area contributed by atoms with Gasteiger partial charge in [0.15, 0.2) is 5.69 Å². The zero-order valence-corrected chi connectivity index (χ0v) is 11.0. The Balaban J connectivity index is 2.04. The zero-order chi connectivity index (χ0) is 14.7. The summed E-state index contributed by atoms with van der Waals surface area (Å²) in [4.78, 5) is 11.4. The first-order chi connectivity index (χ1) is 10.3. The minimum atomic E-state index is -0.645. The fraction of sp³-hybridized carbons (Fsp3) is 0. The van der Waals surface area contributed by atoms with Gasteiger partial charge in [0.2, 0.25) is 0 Å². The number of nitrogens with one attached hydrogen (secondary N) is 1. The molecule has 0 radical (unpaired) electrons. The number of hydrogen-bond donors (Lipinski definition) is 2. The number of nitrogens with two attached hydrogens (primary N) is 1. The van der Waals surface area contributed by atoms with E-state index in [9.17, 15) is 4.79 Å². The third-order valence-corrected chi connectivity index (χ3v) is 2.89. The molecule has 1 aromatic heterocycles. The molecule has 2 aromatic carbocycles. The van der Waals surface area contributed by atoms with Crippen molar-refractivity contribution in [1.29, 1.82) is 0 Å². The highest BCUT2D eigenvalue weighted by atomic mass is 16.5. The number of rotatable bonds is 4. The normalized spacial score (nSPS) is 10.3. The van der Waals surface area contributed by atoms with Crippen LogP contribution in [0.15, 0.2) is 54.6 Å². The Morgan fingerprint density at radius 1 is 1.00 bits per heavy atom. The maximum absolute atomic E-state index is 11.4. The second-order valence-electron chi connectivity index (χ2n) is 4.30. The molecule has 0 bridgehead atoms. The van der Waals surface area contributed by atoms with Gasteiger partial charge in [-0.3, -0.25) is 4.79 Å². The van der Waals surface area contributed by atoms with Gasteiger partial charge in [0.1, 0.15) is 17.2 Å². The van der Waals surface area contributed by atoms with Crippen LogP contribution in [0.25, 0.3) is 11.3 Å². The molecule has 0 fully saturated rings. The molecule has 1 amide bonds. The number of benzene rings is 2. The van der Waals surface area contributed by atoms with E-state index in [1.165, 1.54) is 0 Å². The smallest absolute Gasteiger partial charge is 0.271 e. The topological polar surface area (TPSA) is 93.9 Å². The van der Waals surface area contributed by atoms with Crippen molar-refractivity contribution in [3.8, 4) is 22.8 Å². The zero-order valence-electron chi connectivity index (χ0n) is 11.0. The van der Waals surface area contributed by atoms with Gasteiger partial charge in [0, 0.05) is 5.56 Å². The minimum absolute atomic E-state index is 0.0825. The average molecular weight is 280 g/mol. The van der Waals surface area contributed by atoms with Crippen LogP contribution in [0.3, 0.4) is 0 Å². The molecule has 0 aliphatic heterocycles. The molecule has 0 unspecified atom stereocenters. The number of aromatic nitrogens is 3. The summed E-state index contributed by atoms with van der Waals surface area (Å²) in [5.41, 5.74) is 6.39. The molecule has 21 heavy (non-hydrogen) atoms. The molecule has 0 atom stereocenters. The lowest BCUT2D eigenvalue weighted by atomic mass is 10.1. The summed E-state index contributed by atoms with van der Waals surface area (Å²) < 4.78 is 5.83. The number of hydrogen-bond acceptors (Lipinski definition) is 4.